The lowest BCUT2D eigenvalue weighted by atomic mass is 10.1. The van der Waals surface area contributed by atoms with Crippen LogP contribution < -0.4 is 21.3 Å². The van der Waals surface area contributed by atoms with Crippen molar-refractivity contribution in [3.63, 3.8) is 0 Å². The maximum atomic E-state index is 12.5. The van der Waals surface area contributed by atoms with Crippen molar-refractivity contribution >= 4 is 28.5 Å². The predicted octanol–water partition coefficient (Wildman–Crippen LogP) is 3.10. The first-order valence-corrected chi connectivity index (χ1v) is 13.4. The number of hydrogen-bond donors (Lipinski definition) is 4. The zero-order valence-corrected chi connectivity index (χ0v) is 21.0. The van der Waals surface area contributed by atoms with Crippen molar-refractivity contribution in [2.24, 2.45) is 0 Å². The van der Waals surface area contributed by atoms with Crippen LogP contribution in [0.1, 0.15) is 43.8 Å². The number of carbonyl (C=O) groups excluding carboxylic acids is 1. The first-order valence-electron chi connectivity index (χ1n) is 13.4. The molecule has 0 saturated carbocycles. The van der Waals surface area contributed by atoms with E-state index in [9.17, 15) is 4.79 Å². The summed E-state index contributed by atoms with van der Waals surface area (Å²) in [5, 5.41) is 12.8. The highest BCUT2D eigenvalue weighted by Crippen LogP contribution is 2.31. The molecule has 2 saturated heterocycles. The van der Waals surface area contributed by atoms with E-state index in [2.05, 4.69) is 31.9 Å². The molecule has 0 spiro atoms. The average molecular weight is 503 g/mol. The molecule has 0 atom stereocenters. The number of hydrogen-bond acceptors (Lipinski definition) is 7. The van der Waals surface area contributed by atoms with Crippen LogP contribution in [0.15, 0.2) is 36.7 Å². The molecule has 0 radical (unpaired) electrons. The second-order valence-electron chi connectivity index (χ2n) is 9.96. The third-order valence-electron chi connectivity index (χ3n) is 7.47. The summed E-state index contributed by atoms with van der Waals surface area (Å²) in [4.78, 5) is 27.2. The van der Waals surface area contributed by atoms with Gasteiger partial charge in [0.05, 0.1) is 25.2 Å². The molecule has 3 aliphatic heterocycles. The van der Waals surface area contributed by atoms with Crippen LogP contribution in [-0.2, 0) is 4.74 Å². The van der Waals surface area contributed by atoms with E-state index in [1.807, 2.05) is 30.6 Å². The third-order valence-corrected chi connectivity index (χ3v) is 7.47. The van der Waals surface area contributed by atoms with Gasteiger partial charge in [-0.1, -0.05) is 6.08 Å². The van der Waals surface area contributed by atoms with Gasteiger partial charge < -0.3 is 30.6 Å². The molecule has 0 aliphatic carbocycles. The van der Waals surface area contributed by atoms with Crippen molar-refractivity contribution in [2.75, 3.05) is 44.7 Å². The molecule has 4 N–H and O–H groups in total. The Morgan fingerprint density at radius 3 is 2.49 bits per heavy atom. The van der Waals surface area contributed by atoms with Gasteiger partial charge in [-0.15, -0.1) is 0 Å². The van der Waals surface area contributed by atoms with Crippen LogP contribution in [-0.4, -0.2) is 71.0 Å². The molecule has 1 aromatic carbocycles. The van der Waals surface area contributed by atoms with E-state index >= 15 is 0 Å². The van der Waals surface area contributed by atoms with E-state index in [4.69, 9.17) is 19.7 Å². The molecule has 194 valence electrons. The number of rotatable bonds is 5. The molecule has 10 nitrogen and oxygen atoms in total. The zero-order chi connectivity index (χ0) is 25.0. The minimum atomic E-state index is -0.170. The largest absolute Gasteiger partial charge is 0.377 e. The monoisotopic (exact) mass is 502 g/mol. The normalized spacial score (nSPS) is 19.5. The number of fused-ring (bicyclic) bond motifs is 1. The van der Waals surface area contributed by atoms with E-state index in [0.717, 1.165) is 92.0 Å². The number of benzene rings is 1. The molecule has 2 aromatic heterocycles. The van der Waals surface area contributed by atoms with Crippen molar-refractivity contribution in [1.82, 2.24) is 35.5 Å². The molecular weight excluding hydrogens is 468 g/mol. The Bertz CT molecular complexity index is 1270. The molecule has 10 heteroatoms. The minimum Gasteiger partial charge on any atom is -0.377 e. The van der Waals surface area contributed by atoms with E-state index in [1.165, 1.54) is 0 Å². The number of nitrogens with zero attached hydrogens (tertiary/aromatic N) is 4. The fraction of sp³-hybridized carbons (Fsp3) is 0.481. The van der Waals surface area contributed by atoms with Gasteiger partial charge >= 0.3 is 6.03 Å². The molecule has 3 aliphatic rings. The minimum absolute atomic E-state index is 0.170. The van der Waals surface area contributed by atoms with Crippen LogP contribution in [0, 0.1) is 0 Å². The fourth-order valence-electron chi connectivity index (χ4n) is 5.39. The van der Waals surface area contributed by atoms with Gasteiger partial charge in [-0.2, -0.15) is 0 Å². The maximum absolute atomic E-state index is 12.5. The van der Waals surface area contributed by atoms with Crippen LogP contribution in [0.25, 0.3) is 28.1 Å². The van der Waals surface area contributed by atoms with Gasteiger partial charge in [0.2, 0.25) is 0 Å². The van der Waals surface area contributed by atoms with E-state index < -0.39 is 0 Å². The highest BCUT2D eigenvalue weighted by molar-refractivity contribution is 5.90. The number of anilines is 1. The van der Waals surface area contributed by atoms with Crippen LogP contribution >= 0.6 is 0 Å². The van der Waals surface area contributed by atoms with Crippen molar-refractivity contribution in [1.29, 1.82) is 0 Å². The molecular formula is C27H34N8O2. The molecule has 0 bridgehead atoms. The topological polar surface area (TPSA) is 118 Å². The number of nitrogens with one attached hydrogen (secondary N) is 4. The Morgan fingerprint density at radius 2 is 1.76 bits per heavy atom. The van der Waals surface area contributed by atoms with E-state index in [-0.39, 0.29) is 12.1 Å². The van der Waals surface area contributed by atoms with Crippen molar-refractivity contribution in [3.05, 3.63) is 42.4 Å². The lowest BCUT2D eigenvalue weighted by molar-refractivity contribution is 0.161. The van der Waals surface area contributed by atoms with Crippen LogP contribution in [0.3, 0.4) is 0 Å². The average Bonchev–Trinajstić information content (AvgIpc) is 3.38. The molecule has 37 heavy (non-hydrogen) atoms. The van der Waals surface area contributed by atoms with Gasteiger partial charge in [0.25, 0.3) is 0 Å². The van der Waals surface area contributed by atoms with E-state index in [0.29, 0.717) is 25.1 Å². The van der Waals surface area contributed by atoms with Gasteiger partial charge in [-0.05, 0) is 88.1 Å². The molecule has 5 heterocycles. The lowest BCUT2D eigenvalue weighted by Gasteiger charge is -2.24. The summed E-state index contributed by atoms with van der Waals surface area (Å²) in [5.74, 6) is 0.663. The second-order valence-corrected chi connectivity index (χ2v) is 9.96. The number of amides is 2. The van der Waals surface area contributed by atoms with Crippen LogP contribution in [0.5, 0.6) is 0 Å². The molecule has 2 amide bonds. The molecule has 0 unspecified atom stereocenters. The standard InChI is InChI=1S/C27H34N8O2/c36-27(32-21-5-11-28-12-6-21)31-20-3-1-19(2-4-20)25-33-23(18-9-15-37-16-10-18)24-26(34-25)35(17-30-24)22-7-13-29-14-8-22/h1-4,9,17,21-22,28-29H,5-8,10-16H2,(H2,31,32,36). The van der Waals surface area contributed by atoms with Gasteiger partial charge in [0.1, 0.15) is 5.52 Å². The van der Waals surface area contributed by atoms with Crippen LogP contribution in [0.4, 0.5) is 10.5 Å². The number of aromatic nitrogens is 4. The Morgan fingerprint density at radius 1 is 1.00 bits per heavy atom. The maximum Gasteiger partial charge on any atom is 0.319 e. The Kier molecular flexibility index (Phi) is 7.11. The van der Waals surface area contributed by atoms with E-state index in [1.54, 1.807) is 0 Å². The number of piperidine rings is 2. The number of imidazole rings is 1. The number of urea groups is 1. The smallest absolute Gasteiger partial charge is 0.319 e. The highest BCUT2D eigenvalue weighted by atomic mass is 16.5. The summed E-state index contributed by atoms with van der Waals surface area (Å²) in [6, 6.07) is 8.16. The quantitative estimate of drug-likeness (QED) is 0.423. The Balaban J connectivity index is 1.28. The third kappa shape index (κ3) is 5.36. The molecule has 2 fully saturated rings. The number of carbonyl (C=O) groups is 1. The van der Waals surface area contributed by atoms with Crippen molar-refractivity contribution in [2.45, 2.75) is 44.2 Å². The van der Waals surface area contributed by atoms with Crippen molar-refractivity contribution in [3.8, 4) is 11.4 Å². The predicted molar refractivity (Wildman–Crippen MR) is 143 cm³/mol. The van der Waals surface area contributed by atoms with Crippen molar-refractivity contribution < 1.29 is 9.53 Å². The van der Waals surface area contributed by atoms with Gasteiger partial charge in [0, 0.05) is 23.3 Å². The fourth-order valence-corrected chi connectivity index (χ4v) is 5.39. The summed E-state index contributed by atoms with van der Waals surface area (Å²) < 4.78 is 7.77. The number of ether oxygens (including phenoxy) is 1. The van der Waals surface area contributed by atoms with Gasteiger partial charge in [-0.3, -0.25) is 0 Å². The Labute approximate surface area is 216 Å². The summed E-state index contributed by atoms with van der Waals surface area (Å²) in [7, 11) is 0. The summed E-state index contributed by atoms with van der Waals surface area (Å²) >= 11 is 0. The summed E-state index contributed by atoms with van der Waals surface area (Å²) in [6.07, 6.45) is 8.84. The highest BCUT2D eigenvalue weighted by Gasteiger charge is 2.23. The van der Waals surface area contributed by atoms with Gasteiger partial charge in [-0.25, -0.2) is 19.7 Å². The first kappa shape index (κ1) is 24.0. The molecule has 6 rings (SSSR count). The SMILES string of the molecule is O=C(Nc1ccc(-c2nc(C3=CCOCC3)c3ncn(C4CCNCC4)c3n2)cc1)NC1CCNCC1. The zero-order valence-electron chi connectivity index (χ0n) is 21.0. The Hall–Kier alpha value is -3.34. The first-order chi connectivity index (χ1) is 18.2. The summed E-state index contributed by atoms with van der Waals surface area (Å²) in [5.41, 5.74) is 5.41. The van der Waals surface area contributed by atoms with Crippen LogP contribution in [0.2, 0.25) is 0 Å². The van der Waals surface area contributed by atoms with Gasteiger partial charge in [0.15, 0.2) is 11.5 Å². The molecule has 3 aromatic rings. The lowest BCUT2D eigenvalue weighted by Crippen LogP contribution is -2.44. The second kappa shape index (κ2) is 11.0. The summed E-state index contributed by atoms with van der Waals surface area (Å²) in [6.45, 7) is 5.14.